The van der Waals surface area contributed by atoms with Crippen molar-refractivity contribution < 1.29 is 4.42 Å². The first-order chi connectivity index (χ1) is 35.2. The highest BCUT2D eigenvalue weighted by molar-refractivity contribution is 6.22. The Morgan fingerprint density at radius 2 is 0.845 bits per heavy atom. The molecule has 4 heterocycles. The maximum atomic E-state index is 6.84. The van der Waals surface area contributed by atoms with Gasteiger partial charge in [0.2, 0.25) is 0 Å². The Bertz CT molecular complexity index is 4640. The highest BCUT2D eigenvalue weighted by atomic mass is 16.3. The van der Waals surface area contributed by atoms with Gasteiger partial charge < -0.3 is 13.6 Å². The van der Waals surface area contributed by atoms with Gasteiger partial charge in [0.25, 0.3) is 0 Å². The topological polar surface area (TPSA) is 61.7 Å². The van der Waals surface area contributed by atoms with E-state index in [2.05, 4.69) is 221 Å². The lowest BCUT2D eigenvalue weighted by Gasteiger charge is -2.18. The van der Waals surface area contributed by atoms with E-state index in [9.17, 15) is 0 Å². The number of furan rings is 1. The summed E-state index contributed by atoms with van der Waals surface area (Å²) in [5, 5.41) is 11.4. The summed E-state index contributed by atoms with van der Waals surface area (Å²) >= 11 is 0. The fourth-order valence-corrected chi connectivity index (χ4v) is 11.1. The summed E-state index contributed by atoms with van der Waals surface area (Å²) in [6.07, 6.45) is 0. The third-order valence-electron chi connectivity index (χ3n) is 14.3. The minimum absolute atomic E-state index is 0.577. The highest BCUT2D eigenvalue weighted by Crippen LogP contribution is 2.46. The number of hydrogen-bond acceptors (Lipinski definition) is 4. The maximum absolute atomic E-state index is 6.84. The summed E-state index contributed by atoms with van der Waals surface area (Å²) < 4.78 is 11.6. The second-order valence-electron chi connectivity index (χ2n) is 18.3. The van der Waals surface area contributed by atoms with E-state index in [1.165, 1.54) is 26.9 Å². The molecule has 0 amide bonds. The predicted molar refractivity (Wildman–Crippen MR) is 293 cm³/mol. The van der Waals surface area contributed by atoms with Crippen LogP contribution in [0.25, 0.3) is 144 Å². The van der Waals surface area contributed by atoms with Gasteiger partial charge in [-0.1, -0.05) is 164 Å². The molecule has 4 aromatic heterocycles. The van der Waals surface area contributed by atoms with Crippen LogP contribution >= 0.6 is 0 Å². The predicted octanol–water partition coefficient (Wildman–Crippen LogP) is 16.9. The number of para-hydroxylation sites is 4. The molecule has 0 spiro atoms. The van der Waals surface area contributed by atoms with Gasteiger partial charge in [-0.25, -0.2) is 15.0 Å². The zero-order valence-electron chi connectivity index (χ0n) is 38.2. The van der Waals surface area contributed by atoms with E-state index in [1.54, 1.807) is 0 Å². The molecule has 0 aliphatic rings. The summed E-state index contributed by atoms with van der Waals surface area (Å²) in [5.41, 5.74) is 13.1. The smallest absolute Gasteiger partial charge is 0.164 e. The van der Waals surface area contributed by atoms with Gasteiger partial charge in [0.1, 0.15) is 11.2 Å². The van der Waals surface area contributed by atoms with Crippen LogP contribution in [0.4, 0.5) is 0 Å². The van der Waals surface area contributed by atoms with Crippen LogP contribution in [0.1, 0.15) is 0 Å². The van der Waals surface area contributed by atoms with Gasteiger partial charge in [-0.05, 0) is 94.5 Å². The van der Waals surface area contributed by atoms with E-state index >= 15 is 0 Å². The van der Waals surface area contributed by atoms with Crippen molar-refractivity contribution in [2.75, 3.05) is 0 Å². The number of aromatic nitrogens is 5. The van der Waals surface area contributed by atoms with Gasteiger partial charge in [0.05, 0.1) is 27.8 Å². The Kier molecular flexibility index (Phi) is 8.56. The molecule has 0 aliphatic heterocycles. The zero-order chi connectivity index (χ0) is 46.6. The van der Waals surface area contributed by atoms with Gasteiger partial charge in [0, 0.05) is 65.6 Å². The molecule has 0 N–H and O–H groups in total. The highest BCUT2D eigenvalue weighted by Gasteiger charge is 2.24. The number of fused-ring (bicyclic) bond motifs is 12. The van der Waals surface area contributed by atoms with Gasteiger partial charge >= 0.3 is 0 Å². The lowest BCUT2D eigenvalue weighted by molar-refractivity contribution is 0.673. The minimum Gasteiger partial charge on any atom is -0.455 e. The standard InChI is InChI=1S/C65H39N5O/c1-3-17-40(18-4-1)63-66-64(68-65(67-63)45-31-33-50-48-25-11-14-28-55(48)69(58(50)39-45)46-22-5-2-6-23-46)44-32-34-57(70-56-29-15-12-26-49(56)52-35-41-19-7-8-20-42(41)38-59(52)70)53(37-44)54-36-43-21-9-10-24-47(43)62-61(54)51-27-13-16-30-60(51)71-62/h1-39H. The first kappa shape index (κ1) is 39.4. The molecular formula is C65H39N5O. The van der Waals surface area contributed by atoms with Gasteiger partial charge in [-0.15, -0.1) is 0 Å². The maximum Gasteiger partial charge on any atom is 0.164 e. The molecule has 0 saturated carbocycles. The lowest BCUT2D eigenvalue weighted by atomic mass is 9.93. The Hall–Kier alpha value is -9.65. The molecule has 0 saturated heterocycles. The van der Waals surface area contributed by atoms with Gasteiger partial charge in [-0.2, -0.15) is 0 Å². The second-order valence-corrected chi connectivity index (χ2v) is 18.3. The van der Waals surface area contributed by atoms with Crippen molar-refractivity contribution in [3.05, 3.63) is 237 Å². The van der Waals surface area contributed by atoms with Gasteiger partial charge in [0.15, 0.2) is 17.5 Å². The molecule has 15 rings (SSSR count). The fourth-order valence-electron chi connectivity index (χ4n) is 11.1. The molecule has 0 fully saturated rings. The average Bonchev–Trinajstić information content (AvgIpc) is 4.10. The molecule has 11 aromatic carbocycles. The van der Waals surface area contributed by atoms with Crippen LogP contribution in [0.5, 0.6) is 0 Å². The number of rotatable bonds is 6. The number of nitrogens with zero attached hydrogens (tertiary/aromatic N) is 5. The van der Waals surface area contributed by atoms with Crippen LogP contribution in [0.3, 0.4) is 0 Å². The SMILES string of the molecule is c1ccc(-c2nc(-c3ccc(-n4c5ccccc5c5cc6ccccc6cc54)c(-c4cc5ccccc5c5oc6ccccc6c45)c3)nc(-c3ccc4c5ccccc5n(-c5ccccc5)c4c3)n2)cc1. The quantitative estimate of drug-likeness (QED) is 0.167. The Morgan fingerprint density at radius 3 is 1.61 bits per heavy atom. The molecule has 15 aromatic rings. The van der Waals surface area contributed by atoms with Gasteiger partial charge in [-0.3, -0.25) is 0 Å². The molecule has 6 nitrogen and oxygen atoms in total. The van der Waals surface area contributed by atoms with Crippen molar-refractivity contribution in [1.29, 1.82) is 0 Å². The Balaban J connectivity index is 1.02. The lowest BCUT2D eigenvalue weighted by Crippen LogP contribution is -2.02. The molecule has 0 bridgehead atoms. The van der Waals surface area contributed by atoms with Crippen molar-refractivity contribution in [3.8, 4) is 56.7 Å². The van der Waals surface area contributed by atoms with E-state index in [0.29, 0.717) is 17.5 Å². The molecular weight excluding hydrogens is 867 g/mol. The summed E-state index contributed by atoms with van der Waals surface area (Å²) in [4.78, 5) is 16.0. The number of benzene rings is 11. The molecule has 0 aliphatic carbocycles. The Morgan fingerprint density at radius 1 is 0.310 bits per heavy atom. The molecule has 0 unspecified atom stereocenters. The summed E-state index contributed by atoms with van der Waals surface area (Å²) in [6, 6.07) is 84.0. The Labute approximate surface area is 407 Å². The molecule has 330 valence electrons. The van der Waals surface area contributed by atoms with E-state index in [-0.39, 0.29) is 0 Å². The minimum atomic E-state index is 0.577. The summed E-state index contributed by atoms with van der Waals surface area (Å²) in [6.45, 7) is 0. The molecule has 71 heavy (non-hydrogen) atoms. The second kappa shape index (κ2) is 15.4. The van der Waals surface area contributed by atoms with Crippen LogP contribution < -0.4 is 0 Å². The normalized spacial score (nSPS) is 11.9. The average molecular weight is 906 g/mol. The van der Waals surface area contributed by atoms with E-state index in [1.807, 2.05) is 24.3 Å². The molecule has 0 atom stereocenters. The van der Waals surface area contributed by atoms with Crippen LogP contribution in [-0.2, 0) is 0 Å². The number of hydrogen-bond donors (Lipinski definition) is 0. The van der Waals surface area contributed by atoms with E-state index in [0.717, 1.165) is 99.4 Å². The zero-order valence-corrected chi connectivity index (χ0v) is 38.2. The van der Waals surface area contributed by atoms with Crippen molar-refractivity contribution in [1.82, 2.24) is 24.1 Å². The third-order valence-corrected chi connectivity index (χ3v) is 14.3. The van der Waals surface area contributed by atoms with Crippen molar-refractivity contribution >= 4 is 87.1 Å². The first-order valence-corrected chi connectivity index (χ1v) is 24.0. The summed E-state index contributed by atoms with van der Waals surface area (Å²) in [7, 11) is 0. The first-order valence-electron chi connectivity index (χ1n) is 24.0. The van der Waals surface area contributed by atoms with Crippen molar-refractivity contribution in [2.45, 2.75) is 0 Å². The molecule has 0 radical (unpaired) electrons. The van der Waals surface area contributed by atoms with E-state index < -0.39 is 0 Å². The van der Waals surface area contributed by atoms with Crippen LogP contribution in [0, 0.1) is 0 Å². The van der Waals surface area contributed by atoms with Crippen molar-refractivity contribution in [3.63, 3.8) is 0 Å². The monoisotopic (exact) mass is 905 g/mol. The van der Waals surface area contributed by atoms with E-state index in [4.69, 9.17) is 19.4 Å². The van der Waals surface area contributed by atoms with Crippen LogP contribution in [0.15, 0.2) is 241 Å². The third kappa shape index (κ3) is 6.11. The molecule has 6 heteroatoms. The van der Waals surface area contributed by atoms with Crippen LogP contribution in [-0.4, -0.2) is 24.1 Å². The fraction of sp³-hybridized carbons (Fsp3) is 0. The van der Waals surface area contributed by atoms with Crippen molar-refractivity contribution in [2.24, 2.45) is 0 Å². The largest absolute Gasteiger partial charge is 0.455 e. The van der Waals surface area contributed by atoms with Crippen LogP contribution in [0.2, 0.25) is 0 Å². The summed E-state index contributed by atoms with van der Waals surface area (Å²) in [5.74, 6) is 1.77.